The molecule has 2 rings (SSSR count). The van der Waals surface area contributed by atoms with Crippen LogP contribution in [0.5, 0.6) is 0 Å². The van der Waals surface area contributed by atoms with Crippen molar-refractivity contribution >= 4 is 0 Å². The van der Waals surface area contributed by atoms with Gasteiger partial charge in [-0.25, -0.2) is 0 Å². The fourth-order valence-corrected chi connectivity index (χ4v) is 2.57. The lowest BCUT2D eigenvalue weighted by molar-refractivity contribution is 0.0781. The standard InChI is InChI=1S/C9H17N.C2H6/c1-8-3-2-4-9(5-8)6-10-7-9;1-2/h8,10H,2-7H2,1H3;1-2H3. The molecule has 0 bridgehead atoms. The molecule has 1 saturated carbocycles. The molecule has 1 spiro atoms. The van der Waals surface area contributed by atoms with Crippen LogP contribution in [0.2, 0.25) is 0 Å². The Kier molecular flexibility index (Phi) is 3.57. The van der Waals surface area contributed by atoms with Crippen molar-refractivity contribution in [2.75, 3.05) is 13.1 Å². The average molecular weight is 169 g/mol. The molecule has 0 aromatic carbocycles. The minimum Gasteiger partial charge on any atom is -0.316 e. The zero-order chi connectivity index (χ0) is 9.03. The summed E-state index contributed by atoms with van der Waals surface area (Å²) in [5, 5.41) is 3.39. The molecule has 1 N–H and O–H groups in total. The highest BCUT2D eigenvalue weighted by molar-refractivity contribution is 4.95. The molecule has 1 aliphatic carbocycles. The van der Waals surface area contributed by atoms with Gasteiger partial charge in [0.2, 0.25) is 0 Å². The molecule has 1 nitrogen and oxygen atoms in total. The van der Waals surface area contributed by atoms with Gasteiger partial charge in [0.25, 0.3) is 0 Å². The molecule has 12 heavy (non-hydrogen) atoms. The molecule has 1 aliphatic heterocycles. The first kappa shape index (κ1) is 10.0. The molecular formula is C11H23N. The predicted molar refractivity (Wildman–Crippen MR) is 54.3 cm³/mol. The molecular weight excluding hydrogens is 146 g/mol. The van der Waals surface area contributed by atoms with Crippen LogP contribution in [0, 0.1) is 11.3 Å². The predicted octanol–water partition coefficient (Wildman–Crippen LogP) is 2.81. The monoisotopic (exact) mass is 169 g/mol. The van der Waals surface area contributed by atoms with E-state index >= 15 is 0 Å². The topological polar surface area (TPSA) is 12.0 Å². The van der Waals surface area contributed by atoms with Crippen molar-refractivity contribution in [1.29, 1.82) is 0 Å². The highest BCUT2D eigenvalue weighted by Crippen LogP contribution is 2.41. The third kappa shape index (κ3) is 2.01. The van der Waals surface area contributed by atoms with E-state index in [1.807, 2.05) is 13.8 Å². The minimum absolute atomic E-state index is 0.762. The number of nitrogens with one attached hydrogen (secondary N) is 1. The van der Waals surface area contributed by atoms with E-state index in [9.17, 15) is 0 Å². The van der Waals surface area contributed by atoms with Gasteiger partial charge in [0, 0.05) is 13.1 Å². The van der Waals surface area contributed by atoms with Gasteiger partial charge in [-0.2, -0.15) is 0 Å². The zero-order valence-electron chi connectivity index (χ0n) is 8.82. The van der Waals surface area contributed by atoms with Gasteiger partial charge in [0.1, 0.15) is 0 Å². The first-order valence-electron chi connectivity index (χ1n) is 5.52. The van der Waals surface area contributed by atoms with E-state index in [2.05, 4.69) is 12.2 Å². The fraction of sp³-hybridized carbons (Fsp3) is 1.00. The van der Waals surface area contributed by atoms with Crippen LogP contribution in [-0.4, -0.2) is 13.1 Å². The van der Waals surface area contributed by atoms with Crippen molar-refractivity contribution < 1.29 is 0 Å². The third-order valence-electron chi connectivity index (χ3n) is 3.19. The Hall–Kier alpha value is -0.0400. The lowest BCUT2D eigenvalue weighted by Crippen LogP contribution is -2.55. The zero-order valence-corrected chi connectivity index (χ0v) is 8.82. The van der Waals surface area contributed by atoms with Gasteiger partial charge in [-0.3, -0.25) is 0 Å². The quantitative estimate of drug-likeness (QED) is 0.588. The maximum atomic E-state index is 3.39. The maximum Gasteiger partial charge on any atom is 0.00203 e. The Morgan fingerprint density at radius 2 is 1.92 bits per heavy atom. The molecule has 1 atom stereocenters. The first-order valence-corrected chi connectivity index (χ1v) is 5.52. The van der Waals surface area contributed by atoms with Gasteiger partial charge < -0.3 is 5.32 Å². The summed E-state index contributed by atoms with van der Waals surface area (Å²) >= 11 is 0. The van der Waals surface area contributed by atoms with E-state index in [-0.39, 0.29) is 0 Å². The minimum atomic E-state index is 0.762. The average Bonchev–Trinajstić information content (AvgIpc) is 2.06. The van der Waals surface area contributed by atoms with Crippen LogP contribution in [0.25, 0.3) is 0 Å². The molecule has 2 fully saturated rings. The van der Waals surface area contributed by atoms with Crippen LogP contribution >= 0.6 is 0 Å². The second-order valence-electron chi connectivity index (χ2n) is 4.31. The van der Waals surface area contributed by atoms with E-state index in [0.29, 0.717) is 0 Å². The summed E-state index contributed by atoms with van der Waals surface area (Å²) < 4.78 is 0. The Morgan fingerprint density at radius 1 is 1.25 bits per heavy atom. The Labute approximate surface area is 76.9 Å². The van der Waals surface area contributed by atoms with Gasteiger partial charge in [-0.05, 0) is 24.2 Å². The van der Waals surface area contributed by atoms with E-state index in [0.717, 1.165) is 11.3 Å². The Morgan fingerprint density at radius 3 is 2.25 bits per heavy atom. The second kappa shape index (κ2) is 4.27. The maximum absolute atomic E-state index is 3.39. The van der Waals surface area contributed by atoms with Gasteiger partial charge in [-0.15, -0.1) is 0 Å². The van der Waals surface area contributed by atoms with Gasteiger partial charge >= 0.3 is 0 Å². The fourth-order valence-electron chi connectivity index (χ4n) is 2.57. The Balaban J connectivity index is 0.000000336. The van der Waals surface area contributed by atoms with Crippen molar-refractivity contribution in [1.82, 2.24) is 5.32 Å². The number of rotatable bonds is 0. The van der Waals surface area contributed by atoms with Crippen molar-refractivity contribution in [3.63, 3.8) is 0 Å². The molecule has 72 valence electrons. The van der Waals surface area contributed by atoms with E-state index in [1.165, 1.54) is 38.8 Å². The molecule has 0 amide bonds. The molecule has 1 saturated heterocycles. The third-order valence-corrected chi connectivity index (χ3v) is 3.19. The Bertz CT molecular complexity index is 127. The molecule has 0 radical (unpaired) electrons. The number of hydrogen-bond donors (Lipinski definition) is 1. The summed E-state index contributed by atoms with van der Waals surface area (Å²) in [4.78, 5) is 0. The van der Waals surface area contributed by atoms with Crippen LogP contribution in [0.1, 0.15) is 46.5 Å². The summed E-state index contributed by atoms with van der Waals surface area (Å²) in [6, 6.07) is 0. The summed E-state index contributed by atoms with van der Waals surface area (Å²) in [6.45, 7) is 9.01. The first-order chi connectivity index (χ1) is 5.81. The van der Waals surface area contributed by atoms with Crippen LogP contribution in [-0.2, 0) is 0 Å². The summed E-state index contributed by atoms with van der Waals surface area (Å²) in [5.74, 6) is 0.996. The van der Waals surface area contributed by atoms with Crippen LogP contribution in [0.15, 0.2) is 0 Å². The highest BCUT2D eigenvalue weighted by Gasteiger charge is 2.39. The highest BCUT2D eigenvalue weighted by atomic mass is 15.0. The largest absolute Gasteiger partial charge is 0.316 e. The lowest BCUT2D eigenvalue weighted by Gasteiger charge is -2.47. The molecule has 0 aromatic rings. The summed E-state index contributed by atoms with van der Waals surface area (Å²) in [6.07, 6.45) is 5.93. The van der Waals surface area contributed by atoms with Crippen molar-refractivity contribution in [2.24, 2.45) is 11.3 Å². The van der Waals surface area contributed by atoms with Crippen LogP contribution in [0.3, 0.4) is 0 Å². The van der Waals surface area contributed by atoms with Crippen LogP contribution in [0.4, 0.5) is 0 Å². The SMILES string of the molecule is CC.CC1CCCC2(CNC2)C1. The second-order valence-corrected chi connectivity index (χ2v) is 4.31. The van der Waals surface area contributed by atoms with Crippen molar-refractivity contribution in [2.45, 2.75) is 46.5 Å². The lowest BCUT2D eigenvalue weighted by atomic mass is 9.66. The van der Waals surface area contributed by atoms with Crippen molar-refractivity contribution in [3.05, 3.63) is 0 Å². The van der Waals surface area contributed by atoms with E-state index in [1.54, 1.807) is 0 Å². The molecule has 1 heterocycles. The smallest absolute Gasteiger partial charge is 0.00203 e. The normalized spacial score (nSPS) is 31.8. The van der Waals surface area contributed by atoms with E-state index < -0.39 is 0 Å². The summed E-state index contributed by atoms with van der Waals surface area (Å²) in [7, 11) is 0. The molecule has 2 aliphatic rings. The molecule has 0 aromatic heterocycles. The molecule has 1 heteroatoms. The van der Waals surface area contributed by atoms with Gasteiger partial charge in [0.05, 0.1) is 0 Å². The molecule has 1 unspecified atom stereocenters. The van der Waals surface area contributed by atoms with Crippen molar-refractivity contribution in [3.8, 4) is 0 Å². The summed E-state index contributed by atoms with van der Waals surface area (Å²) in [5.41, 5.74) is 0.762. The number of hydrogen-bond acceptors (Lipinski definition) is 1. The van der Waals surface area contributed by atoms with E-state index in [4.69, 9.17) is 0 Å². The van der Waals surface area contributed by atoms with Gasteiger partial charge in [-0.1, -0.05) is 33.6 Å². The van der Waals surface area contributed by atoms with Crippen LogP contribution < -0.4 is 5.32 Å². The van der Waals surface area contributed by atoms with Gasteiger partial charge in [0.15, 0.2) is 0 Å².